The Morgan fingerprint density at radius 1 is 1.03 bits per heavy atom. The van der Waals surface area contributed by atoms with Crippen molar-refractivity contribution in [3.63, 3.8) is 0 Å². The van der Waals surface area contributed by atoms with Gasteiger partial charge in [0, 0.05) is 52.7 Å². The molecule has 0 aliphatic carbocycles. The fourth-order valence-electron chi connectivity index (χ4n) is 4.95. The number of piperidine rings is 1. The number of carbonyl (C=O) groups excluding carboxylic acids is 1. The summed E-state index contributed by atoms with van der Waals surface area (Å²) >= 11 is 6.24. The maximum absolute atomic E-state index is 13.1. The third kappa shape index (κ3) is 2.58. The molecule has 2 aromatic carbocycles. The molecule has 5 nitrogen and oxygen atoms in total. The monoisotopic (exact) mass is 416 g/mol. The highest BCUT2D eigenvalue weighted by Gasteiger charge is 2.42. The summed E-state index contributed by atoms with van der Waals surface area (Å²) in [6.07, 6.45) is 5.71. The number of hydrogen-bond acceptors (Lipinski definition) is 2. The molecule has 2 aliphatic heterocycles. The third-order valence-electron chi connectivity index (χ3n) is 6.54. The molecule has 1 fully saturated rings. The van der Waals surface area contributed by atoms with Gasteiger partial charge < -0.3 is 19.8 Å². The van der Waals surface area contributed by atoms with Gasteiger partial charge in [-0.25, -0.2) is 0 Å². The molecule has 0 bridgehead atoms. The predicted octanol–water partition coefficient (Wildman–Crippen LogP) is 5.17. The van der Waals surface area contributed by atoms with E-state index in [4.69, 9.17) is 11.6 Å². The number of H-pyrrole nitrogens is 1. The molecule has 1 spiro atoms. The van der Waals surface area contributed by atoms with Crippen molar-refractivity contribution in [1.29, 1.82) is 0 Å². The van der Waals surface area contributed by atoms with Crippen LogP contribution in [0.4, 0.5) is 5.69 Å². The Labute approximate surface area is 179 Å². The lowest BCUT2D eigenvalue weighted by Crippen LogP contribution is -2.51. The van der Waals surface area contributed by atoms with Crippen molar-refractivity contribution in [1.82, 2.24) is 14.5 Å². The molecule has 2 aromatic heterocycles. The van der Waals surface area contributed by atoms with Crippen LogP contribution < -0.4 is 5.32 Å². The fourth-order valence-corrected chi connectivity index (χ4v) is 5.12. The first-order valence-electron chi connectivity index (χ1n) is 10.3. The number of carbonyl (C=O) groups is 1. The molecular formula is C24H21ClN4O. The van der Waals surface area contributed by atoms with Gasteiger partial charge in [-0.1, -0.05) is 11.6 Å². The minimum Gasteiger partial charge on any atom is -0.372 e. The van der Waals surface area contributed by atoms with Gasteiger partial charge in [0.15, 0.2) is 0 Å². The van der Waals surface area contributed by atoms with Gasteiger partial charge >= 0.3 is 0 Å². The Bertz CT molecular complexity index is 1280. The average molecular weight is 417 g/mol. The SMILES string of the molecule is O=C(c1ccc2[nH]ccc2c1)N1CCC2(CC1)Nc1ccc(Cl)cc1-n1cccc12. The van der Waals surface area contributed by atoms with Gasteiger partial charge in [-0.2, -0.15) is 0 Å². The standard InChI is InChI=1S/C24H21ClN4O/c25-18-4-6-20-21(15-18)29-11-1-2-22(29)24(27-20)8-12-28(13-9-24)23(30)17-3-5-19-16(14-17)7-10-26-19/h1-7,10-11,14-15,26-27H,8-9,12-13H2. The number of fused-ring (bicyclic) bond motifs is 5. The lowest BCUT2D eigenvalue weighted by molar-refractivity contribution is 0.0676. The van der Waals surface area contributed by atoms with Gasteiger partial charge in [-0.15, -0.1) is 0 Å². The number of aromatic amines is 1. The largest absolute Gasteiger partial charge is 0.372 e. The van der Waals surface area contributed by atoms with Crippen LogP contribution in [0.1, 0.15) is 28.9 Å². The number of nitrogens with zero attached hydrogens (tertiary/aromatic N) is 2. The van der Waals surface area contributed by atoms with E-state index < -0.39 is 0 Å². The summed E-state index contributed by atoms with van der Waals surface area (Å²) in [7, 11) is 0. The zero-order valence-corrected chi connectivity index (χ0v) is 17.1. The number of anilines is 1. The Balaban J connectivity index is 1.27. The summed E-state index contributed by atoms with van der Waals surface area (Å²) in [5.74, 6) is 0.103. The highest BCUT2D eigenvalue weighted by molar-refractivity contribution is 6.30. The van der Waals surface area contributed by atoms with E-state index in [0.717, 1.165) is 45.7 Å². The molecule has 0 saturated carbocycles. The number of halogens is 1. The second-order valence-electron chi connectivity index (χ2n) is 8.20. The van der Waals surface area contributed by atoms with Crippen molar-refractivity contribution < 1.29 is 4.79 Å². The van der Waals surface area contributed by atoms with E-state index in [1.807, 2.05) is 53.6 Å². The summed E-state index contributed by atoms with van der Waals surface area (Å²) in [5, 5.41) is 5.57. The van der Waals surface area contributed by atoms with E-state index in [-0.39, 0.29) is 11.4 Å². The molecule has 6 heteroatoms. The number of benzene rings is 2. The second-order valence-corrected chi connectivity index (χ2v) is 8.64. The van der Waals surface area contributed by atoms with E-state index in [1.54, 1.807) is 0 Å². The summed E-state index contributed by atoms with van der Waals surface area (Å²) in [4.78, 5) is 18.3. The van der Waals surface area contributed by atoms with Crippen molar-refractivity contribution in [3.05, 3.63) is 83.3 Å². The van der Waals surface area contributed by atoms with Crippen LogP contribution in [0.25, 0.3) is 16.6 Å². The van der Waals surface area contributed by atoms with Gasteiger partial charge in [-0.05, 0) is 67.4 Å². The molecule has 1 saturated heterocycles. The fraction of sp³-hybridized carbons (Fsp3) is 0.208. The molecule has 2 aliphatic rings. The first kappa shape index (κ1) is 17.7. The summed E-state index contributed by atoms with van der Waals surface area (Å²) in [6.45, 7) is 1.43. The third-order valence-corrected chi connectivity index (χ3v) is 6.77. The Morgan fingerprint density at radius 3 is 2.77 bits per heavy atom. The molecule has 30 heavy (non-hydrogen) atoms. The number of likely N-dealkylation sites (tertiary alicyclic amines) is 1. The lowest BCUT2D eigenvalue weighted by Gasteiger charge is -2.46. The molecule has 0 atom stereocenters. The Kier molecular flexibility index (Phi) is 3.77. The Hall–Kier alpha value is -3.18. The molecule has 2 N–H and O–H groups in total. The minimum atomic E-state index is -0.175. The van der Waals surface area contributed by atoms with Gasteiger partial charge in [0.25, 0.3) is 5.91 Å². The van der Waals surface area contributed by atoms with Gasteiger partial charge in [0.2, 0.25) is 0 Å². The summed E-state index contributed by atoms with van der Waals surface area (Å²) < 4.78 is 2.23. The van der Waals surface area contributed by atoms with E-state index in [1.165, 1.54) is 5.69 Å². The van der Waals surface area contributed by atoms with Crippen LogP contribution in [-0.2, 0) is 5.54 Å². The van der Waals surface area contributed by atoms with Crippen molar-refractivity contribution in [3.8, 4) is 5.69 Å². The molecule has 6 rings (SSSR count). The predicted molar refractivity (Wildman–Crippen MR) is 120 cm³/mol. The van der Waals surface area contributed by atoms with Crippen LogP contribution in [-0.4, -0.2) is 33.4 Å². The Morgan fingerprint density at radius 2 is 1.90 bits per heavy atom. The number of aromatic nitrogens is 2. The highest BCUT2D eigenvalue weighted by Crippen LogP contribution is 2.44. The summed E-state index contributed by atoms with van der Waals surface area (Å²) in [5.41, 5.74) is 5.02. The average Bonchev–Trinajstić information content (AvgIpc) is 3.44. The first-order chi connectivity index (χ1) is 14.6. The van der Waals surface area contributed by atoms with Gasteiger partial charge in [0.1, 0.15) is 0 Å². The molecule has 150 valence electrons. The summed E-state index contributed by atoms with van der Waals surface area (Å²) in [6, 6.07) is 18.1. The van der Waals surface area contributed by atoms with E-state index in [2.05, 4.69) is 33.2 Å². The van der Waals surface area contributed by atoms with Crippen LogP contribution >= 0.6 is 11.6 Å². The second kappa shape index (κ2) is 6.41. The highest BCUT2D eigenvalue weighted by atomic mass is 35.5. The van der Waals surface area contributed by atoms with Gasteiger partial charge in [0.05, 0.1) is 16.9 Å². The van der Waals surface area contributed by atoms with Crippen LogP contribution in [0.15, 0.2) is 67.0 Å². The van der Waals surface area contributed by atoms with Crippen LogP contribution in [0.3, 0.4) is 0 Å². The quantitative estimate of drug-likeness (QED) is 0.449. The van der Waals surface area contributed by atoms with E-state index >= 15 is 0 Å². The van der Waals surface area contributed by atoms with E-state index in [0.29, 0.717) is 13.1 Å². The van der Waals surface area contributed by atoms with Crippen LogP contribution in [0, 0.1) is 0 Å². The lowest BCUT2D eigenvalue weighted by atomic mass is 9.82. The molecule has 0 radical (unpaired) electrons. The zero-order chi connectivity index (χ0) is 20.3. The molecular weight excluding hydrogens is 396 g/mol. The number of amides is 1. The maximum atomic E-state index is 13.1. The first-order valence-corrected chi connectivity index (χ1v) is 10.6. The van der Waals surface area contributed by atoms with Crippen molar-refractivity contribution in [2.75, 3.05) is 18.4 Å². The zero-order valence-electron chi connectivity index (χ0n) is 16.4. The van der Waals surface area contributed by atoms with Gasteiger partial charge in [-0.3, -0.25) is 4.79 Å². The molecule has 4 aromatic rings. The van der Waals surface area contributed by atoms with Crippen molar-refractivity contribution in [2.45, 2.75) is 18.4 Å². The topological polar surface area (TPSA) is 53.1 Å². The molecule has 4 heterocycles. The van der Waals surface area contributed by atoms with Crippen LogP contribution in [0.5, 0.6) is 0 Å². The normalized spacial score (nSPS) is 16.9. The molecule has 1 amide bonds. The smallest absolute Gasteiger partial charge is 0.253 e. The number of rotatable bonds is 1. The van der Waals surface area contributed by atoms with Crippen molar-refractivity contribution >= 4 is 34.1 Å². The number of hydrogen-bond donors (Lipinski definition) is 2. The maximum Gasteiger partial charge on any atom is 0.253 e. The van der Waals surface area contributed by atoms with E-state index in [9.17, 15) is 4.79 Å². The number of nitrogens with one attached hydrogen (secondary N) is 2. The minimum absolute atomic E-state index is 0.103. The van der Waals surface area contributed by atoms with Crippen molar-refractivity contribution in [2.24, 2.45) is 0 Å². The van der Waals surface area contributed by atoms with Crippen LogP contribution in [0.2, 0.25) is 5.02 Å². The molecule has 0 unspecified atom stereocenters.